The predicted molar refractivity (Wildman–Crippen MR) is 81.2 cm³/mol. The van der Waals surface area contributed by atoms with Crippen LogP contribution in [0.25, 0.3) is 0 Å². The SMILES string of the molecule is CCCN(C(=O)NCC1(C(=O)O)CCCCCC1)C1CC1. The second-order valence-electron chi connectivity index (χ2n) is 6.58. The van der Waals surface area contributed by atoms with Crippen molar-refractivity contribution in [2.45, 2.75) is 70.8 Å². The van der Waals surface area contributed by atoms with E-state index in [0.29, 0.717) is 18.9 Å². The predicted octanol–water partition coefficient (Wildman–Crippen LogP) is 3.00. The van der Waals surface area contributed by atoms with Crippen LogP contribution in [0.2, 0.25) is 0 Å². The van der Waals surface area contributed by atoms with E-state index in [1.165, 1.54) is 0 Å². The summed E-state index contributed by atoms with van der Waals surface area (Å²) in [5.74, 6) is -0.752. The molecule has 0 spiro atoms. The second-order valence-corrected chi connectivity index (χ2v) is 6.58. The summed E-state index contributed by atoms with van der Waals surface area (Å²) in [5, 5.41) is 12.5. The smallest absolute Gasteiger partial charge is 0.317 e. The molecule has 0 saturated heterocycles. The molecule has 5 nitrogen and oxygen atoms in total. The highest BCUT2D eigenvalue weighted by Crippen LogP contribution is 2.35. The zero-order chi connectivity index (χ0) is 15.3. The molecule has 2 N–H and O–H groups in total. The largest absolute Gasteiger partial charge is 0.481 e. The van der Waals surface area contributed by atoms with E-state index in [1.807, 2.05) is 4.90 Å². The van der Waals surface area contributed by atoms with Gasteiger partial charge in [0.2, 0.25) is 0 Å². The monoisotopic (exact) mass is 296 g/mol. The first-order valence-corrected chi connectivity index (χ1v) is 8.37. The van der Waals surface area contributed by atoms with Gasteiger partial charge < -0.3 is 15.3 Å². The topological polar surface area (TPSA) is 69.6 Å². The number of carboxylic acid groups (broad SMARTS) is 1. The van der Waals surface area contributed by atoms with E-state index >= 15 is 0 Å². The fourth-order valence-electron chi connectivity index (χ4n) is 3.29. The van der Waals surface area contributed by atoms with E-state index in [9.17, 15) is 14.7 Å². The molecule has 2 rings (SSSR count). The zero-order valence-corrected chi connectivity index (χ0v) is 13.1. The van der Waals surface area contributed by atoms with Crippen LogP contribution in [0.1, 0.15) is 64.7 Å². The van der Waals surface area contributed by atoms with Crippen LogP contribution in [0.3, 0.4) is 0 Å². The van der Waals surface area contributed by atoms with Crippen molar-refractivity contribution in [3.8, 4) is 0 Å². The number of rotatable bonds is 6. The standard InChI is InChI=1S/C16H28N2O3/c1-2-11-18(13-7-8-13)15(21)17-12-16(14(19)20)9-5-3-4-6-10-16/h13H,2-12H2,1H3,(H,17,21)(H,19,20). The average molecular weight is 296 g/mol. The maximum Gasteiger partial charge on any atom is 0.317 e. The molecular weight excluding hydrogens is 268 g/mol. The van der Waals surface area contributed by atoms with Gasteiger partial charge in [-0.25, -0.2) is 4.79 Å². The summed E-state index contributed by atoms with van der Waals surface area (Å²) in [7, 11) is 0. The fourth-order valence-corrected chi connectivity index (χ4v) is 3.29. The molecule has 2 saturated carbocycles. The van der Waals surface area contributed by atoms with Crippen molar-refractivity contribution < 1.29 is 14.7 Å². The van der Waals surface area contributed by atoms with Crippen molar-refractivity contribution >= 4 is 12.0 Å². The summed E-state index contributed by atoms with van der Waals surface area (Å²) in [4.78, 5) is 25.9. The van der Waals surface area contributed by atoms with Gasteiger partial charge in [0.1, 0.15) is 0 Å². The molecule has 0 aromatic carbocycles. The lowest BCUT2D eigenvalue weighted by Gasteiger charge is -2.30. The summed E-state index contributed by atoms with van der Waals surface area (Å²) >= 11 is 0. The van der Waals surface area contributed by atoms with Crippen LogP contribution in [0.15, 0.2) is 0 Å². The molecule has 0 aromatic heterocycles. The molecule has 0 bridgehead atoms. The lowest BCUT2D eigenvalue weighted by molar-refractivity contribution is -0.149. The maximum atomic E-state index is 12.3. The van der Waals surface area contributed by atoms with Gasteiger partial charge in [-0.3, -0.25) is 4.79 Å². The molecule has 2 fully saturated rings. The Kier molecular flexibility index (Phi) is 5.48. The van der Waals surface area contributed by atoms with Crippen LogP contribution < -0.4 is 5.32 Å². The van der Waals surface area contributed by atoms with Crippen molar-refractivity contribution in [1.82, 2.24) is 10.2 Å². The molecule has 0 atom stereocenters. The molecule has 0 radical (unpaired) electrons. The van der Waals surface area contributed by atoms with Gasteiger partial charge in [0, 0.05) is 19.1 Å². The molecule has 0 aromatic rings. The van der Waals surface area contributed by atoms with Gasteiger partial charge in [-0.15, -0.1) is 0 Å². The van der Waals surface area contributed by atoms with Crippen LogP contribution in [0.4, 0.5) is 4.79 Å². The van der Waals surface area contributed by atoms with E-state index in [4.69, 9.17) is 0 Å². The number of carbonyl (C=O) groups is 2. The molecule has 0 heterocycles. The summed E-state index contributed by atoms with van der Waals surface area (Å²) in [5.41, 5.74) is -0.756. The molecule has 5 heteroatoms. The second kappa shape index (κ2) is 7.14. The van der Waals surface area contributed by atoms with E-state index in [-0.39, 0.29) is 12.6 Å². The minimum Gasteiger partial charge on any atom is -0.481 e. The first-order valence-electron chi connectivity index (χ1n) is 8.37. The van der Waals surface area contributed by atoms with Crippen LogP contribution in [0.5, 0.6) is 0 Å². The van der Waals surface area contributed by atoms with Gasteiger partial charge in [-0.2, -0.15) is 0 Å². The Morgan fingerprint density at radius 1 is 1.19 bits per heavy atom. The Morgan fingerprint density at radius 3 is 2.29 bits per heavy atom. The highest BCUT2D eigenvalue weighted by atomic mass is 16.4. The number of hydrogen-bond acceptors (Lipinski definition) is 2. The number of nitrogens with one attached hydrogen (secondary N) is 1. The number of nitrogens with zero attached hydrogens (tertiary/aromatic N) is 1. The van der Waals surface area contributed by atoms with E-state index < -0.39 is 11.4 Å². The van der Waals surface area contributed by atoms with Crippen molar-refractivity contribution in [2.24, 2.45) is 5.41 Å². The van der Waals surface area contributed by atoms with Gasteiger partial charge in [0.15, 0.2) is 0 Å². The fraction of sp³-hybridized carbons (Fsp3) is 0.875. The molecule has 0 aliphatic heterocycles. The third-order valence-corrected chi connectivity index (χ3v) is 4.81. The third kappa shape index (κ3) is 4.11. The van der Waals surface area contributed by atoms with Crippen LogP contribution in [-0.4, -0.2) is 41.1 Å². The highest BCUT2D eigenvalue weighted by molar-refractivity contribution is 5.78. The number of amides is 2. The number of aliphatic carboxylic acids is 1. The number of urea groups is 1. The van der Waals surface area contributed by atoms with Gasteiger partial charge in [-0.1, -0.05) is 32.6 Å². The minimum atomic E-state index is -0.756. The first kappa shape index (κ1) is 16.1. The number of hydrogen-bond donors (Lipinski definition) is 2. The molecule has 21 heavy (non-hydrogen) atoms. The first-order chi connectivity index (χ1) is 10.1. The van der Waals surface area contributed by atoms with E-state index in [2.05, 4.69) is 12.2 Å². The van der Waals surface area contributed by atoms with Crippen molar-refractivity contribution in [2.75, 3.05) is 13.1 Å². The summed E-state index contributed by atoms with van der Waals surface area (Å²) in [6.07, 6.45) is 8.57. The average Bonchev–Trinajstić information content (AvgIpc) is 3.28. The van der Waals surface area contributed by atoms with Crippen molar-refractivity contribution in [3.63, 3.8) is 0 Å². The van der Waals surface area contributed by atoms with Crippen molar-refractivity contribution in [3.05, 3.63) is 0 Å². The Hall–Kier alpha value is -1.26. The quantitative estimate of drug-likeness (QED) is 0.740. The molecule has 2 aliphatic rings. The molecule has 2 amide bonds. The Balaban J connectivity index is 1.94. The zero-order valence-electron chi connectivity index (χ0n) is 13.1. The van der Waals surface area contributed by atoms with Gasteiger partial charge >= 0.3 is 12.0 Å². The van der Waals surface area contributed by atoms with Gasteiger partial charge in [0.05, 0.1) is 5.41 Å². The Bertz CT molecular complexity index is 372. The minimum absolute atomic E-state index is 0.0794. The Labute approximate surface area is 127 Å². The van der Waals surface area contributed by atoms with Crippen molar-refractivity contribution in [1.29, 1.82) is 0 Å². The number of carboxylic acids is 1. The third-order valence-electron chi connectivity index (χ3n) is 4.81. The van der Waals surface area contributed by atoms with Gasteiger partial charge in [0.25, 0.3) is 0 Å². The van der Waals surface area contributed by atoms with Crippen LogP contribution >= 0.6 is 0 Å². The van der Waals surface area contributed by atoms with E-state index in [1.54, 1.807) is 0 Å². The van der Waals surface area contributed by atoms with Gasteiger partial charge in [-0.05, 0) is 32.1 Å². The summed E-state index contributed by atoms with van der Waals surface area (Å²) in [6, 6.07) is 0.295. The molecule has 120 valence electrons. The summed E-state index contributed by atoms with van der Waals surface area (Å²) < 4.78 is 0. The lowest BCUT2D eigenvalue weighted by Crippen LogP contribution is -2.48. The lowest BCUT2D eigenvalue weighted by atomic mass is 9.80. The van der Waals surface area contributed by atoms with Crippen LogP contribution in [-0.2, 0) is 4.79 Å². The van der Waals surface area contributed by atoms with Crippen LogP contribution in [0, 0.1) is 5.41 Å². The summed E-state index contributed by atoms with van der Waals surface area (Å²) in [6.45, 7) is 3.09. The van der Waals surface area contributed by atoms with E-state index in [0.717, 1.165) is 51.5 Å². The Morgan fingerprint density at radius 2 is 1.81 bits per heavy atom. The molecule has 2 aliphatic carbocycles. The molecule has 0 unspecified atom stereocenters. The number of carbonyl (C=O) groups excluding carboxylic acids is 1. The highest BCUT2D eigenvalue weighted by Gasteiger charge is 2.40. The molecular formula is C16H28N2O3. The normalized spacial score (nSPS) is 21.4. The maximum absolute atomic E-state index is 12.3.